The summed E-state index contributed by atoms with van der Waals surface area (Å²) in [4.78, 5) is 12.2. The van der Waals surface area contributed by atoms with E-state index in [0.717, 1.165) is 0 Å². The molecule has 1 heterocycles. The summed E-state index contributed by atoms with van der Waals surface area (Å²) < 4.78 is 0. The fraction of sp³-hybridized carbons (Fsp3) is 0.364. The number of aliphatic hydroxyl groups excluding tert-OH is 1. The number of β-amino-alcohol motifs (C(OH)–C–C–N with tert-alkyl or cyclic N) is 1. The van der Waals surface area contributed by atoms with Crippen LogP contribution in [-0.4, -0.2) is 29.2 Å². The summed E-state index contributed by atoms with van der Waals surface area (Å²) in [5.41, 5.74) is 0.281. The predicted molar refractivity (Wildman–Crippen MR) is 60.6 cm³/mol. The van der Waals surface area contributed by atoms with E-state index in [4.69, 9.17) is 5.26 Å². The molecule has 0 bridgehead atoms. The van der Waals surface area contributed by atoms with Gasteiger partial charge in [0.15, 0.2) is 0 Å². The van der Waals surface area contributed by atoms with Crippen LogP contribution in [0.3, 0.4) is 0 Å². The molecule has 0 aromatic heterocycles. The van der Waals surface area contributed by atoms with E-state index in [1.54, 1.807) is 17.0 Å². The second-order valence-electron chi connectivity index (χ2n) is 3.93. The molecule has 1 N–H and O–H groups in total. The van der Waals surface area contributed by atoms with Crippen LogP contribution in [0.2, 0.25) is 0 Å². The highest BCUT2D eigenvalue weighted by Crippen LogP contribution is 2.33. The van der Waals surface area contributed by atoms with E-state index < -0.39 is 11.0 Å². The highest BCUT2D eigenvalue weighted by molar-refractivity contribution is 5.70. The smallest absolute Gasteiger partial charge is 0.310 e. The van der Waals surface area contributed by atoms with Gasteiger partial charge in [0, 0.05) is 13.1 Å². The third-order valence-corrected chi connectivity index (χ3v) is 2.82. The first-order valence-corrected chi connectivity index (χ1v) is 5.24. The van der Waals surface area contributed by atoms with Crippen molar-refractivity contribution in [2.75, 3.05) is 18.0 Å². The van der Waals surface area contributed by atoms with E-state index in [1.165, 1.54) is 6.07 Å². The molecule has 0 radical (unpaired) electrons. The zero-order chi connectivity index (χ0) is 12.4. The highest BCUT2D eigenvalue weighted by Gasteiger charge is 2.28. The number of anilines is 1. The van der Waals surface area contributed by atoms with Gasteiger partial charge in [0.05, 0.1) is 11.0 Å². The number of rotatable bonds is 2. The van der Waals surface area contributed by atoms with Crippen molar-refractivity contribution in [1.29, 1.82) is 5.26 Å². The summed E-state index contributed by atoms with van der Waals surface area (Å²) in [6.45, 7) is 0.937. The number of nitrogens with zero attached hydrogens (tertiary/aromatic N) is 3. The van der Waals surface area contributed by atoms with Gasteiger partial charge in [-0.2, -0.15) is 5.26 Å². The topological polar surface area (TPSA) is 90.4 Å². The Kier molecular flexibility index (Phi) is 2.93. The quantitative estimate of drug-likeness (QED) is 0.608. The number of nitriles is 1. The summed E-state index contributed by atoms with van der Waals surface area (Å²) >= 11 is 0. The lowest BCUT2D eigenvalue weighted by Crippen LogP contribution is -2.22. The van der Waals surface area contributed by atoms with E-state index in [9.17, 15) is 15.2 Å². The number of benzene rings is 1. The van der Waals surface area contributed by atoms with Crippen molar-refractivity contribution in [3.05, 3.63) is 33.9 Å². The number of nitro benzene ring substituents is 1. The fourth-order valence-electron chi connectivity index (χ4n) is 2.03. The van der Waals surface area contributed by atoms with Gasteiger partial charge in [-0.05, 0) is 18.6 Å². The normalized spacial score (nSPS) is 19.1. The number of hydrogen-bond donors (Lipinski definition) is 1. The van der Waals surface area contributed by atoms with Gasteiger partial charge in [-0.25, -0.2) is 0 Å². The molecule has 0 unspecified atom stereocenters. The molecule has 1 aromatic carbocycles. The molecule has 6 heteroatoms. The Balaban J connectivity index is 2.47. The van der Waals surface area contributed by atoms with Crippen molar-refractivity contribution in [1.82, 2.24) is 0 Å². The molecular weight excluding hydrogens is 222 g/mol. The Morgan fingerprint density at radius 2 is 2.35 bits per heavy atom. The maximum Gasteiger partial charge on any atom is 0.310 e. The van der Waals surface area contributed by atoms with Gasteiger partial charge < -0.3 is 10.0 Å². The summed E-state index contributed by atoms with van der Waals surface area (Å²) in [7, 11) is 0. The van der Waals surface area contributed by atoms with Gasteiger partial charge >= 0.3 is 5.69 Å². The molecule has 0 saturated carbocycles. The first kappa shape index (κ1) is 11.4. The van der Waals surface area contributed by atoms with Crippen molar-refractivity contribution in [3.63, 3.8) is 0 Å². The van der Waals surface area contributed by atoms with Crippen molar-refractivity contribution < 1.29 is 10.0 Å². The molecule has 1 aromatic rings. The van der Waals surface area contributed by atoms with Crippen LogP contribution < -0.4 is 4.90 Å². The van der Waals surface area contributed by atoms with Crippen LogP contribution in [-0.2, 0) is 0 Å². The zero-order valence-corrected chi connectivity index (χ0v) is 9.04. The molecule has 6 nitrogen and oxygen atoms in total. The number of nitro groups is 1. The minimum Gasteiger partial charge on any atom is -0.391 e. The molecular formula is C11H11N3O3. The lowest BCUT2D eigenvalue weighted by Gasteiger charge is -2.17. The molecule has 1 atom stereocenters. The van der Waals surface area contributed by atoms with Crippen LogP contribution in [0.25, 0.3) is 0 Å². The lowest BCUT2D eigenvalue weighted by atomic mass is 10.1. The third kappa shape index (κ3) is 2.05. The standard InChI is InChI=1S/C11H11N3O3/c12-6-8-2-1-3-10(11(8)14(16)17)13-5-4-9(15)7-13/h1-3,9,15H,4-5,7H2/t9-/m0/s1. The Morgan fingerprint density at radius 1 is 1.59 bits per heavy atom. The highest BCUT2D eigenvalue weighted by atomic mass is 16.6. The molecule has 1 aliphatic heterocycles. The maximum atomic E-state index is 11.0. The molecule has 2 rings (SSSR count). The van der Waals surface area contributed by atoms with Gasteiger partial charge in [0.1, 0.15) is 17.3 Å². The number of hydrogen-bond acceptors (Lipinski definition) is 5. The van der Waals surface area contributed by atoms with Gasteiger partial charge in [-0.3, -0.25) is 10.1 Å². The summed E-state index contributed by atoms with van der Waals surface area (Å²) in [5.74, 6) is 0. The predicted octanol–water partition coefficient (Wildman–Crippen LogP) is 1.04. The average Bonchev–Trinajstić information content (AvgIpc) is 2.74. The maximum absolute atomic E-state index is 11.0. The van der Waals surface area contributed by atoms with E-state index in [-0.39, 0.29) is 11.3 Å². The first-order chi connectivity index (χ1) is 8.13. The molecule has 17 heavy (non-hydrogen) atoms. The molecule has 0 aliphatic carbocycles. The molecule has 88 valence electrons. The van der Waals surface area contributed by atoms with Gasteiger partial charge in [0.2, 0.25) is 0 Å². The van der Waals surface area contributed by atoms with Crippen LogP contribution in [0.1, 0.15) is 12.0 Å². The third-order valence-electron chi connectivity index (χ3n) is 2.82. The Morgan fingerprint density at radius 3 is 2.88 bits per heavy atom. The Labute approximate surface area is 97.8 Å². The summed E-state index contributed by atoms with van der Waals surface area (Å²) in [6.07, 6.45) is 0.133. The Bertz CT molecular complexity index is 495. The monoisotopic (exact) mass is 233 g/mol. The van der Waals surface area contributed by atoms with Gasteiger partial charge in [0.25, 0.3) is 0 Å². The van der Waals surface area contributed by atoms with Crippen molar-refractivity contribution >= 4 is 11.4 Å². The van der Waals surface area contributed by atoms with Crippen LogP contribution in [0, 0.1) is 21.4 Å². The molecule has 0 spiro atoms. The van der Waals surface area contributed by atoms with Crippen molar-refractivity contribution in [2.24, 2.45) is 0 Å². The molecule has 1 aliphatic rings. The van der Waals surface area contributed by atoms with Crippen LogP contribution in [0.15, 0.2) is 18.2 Å². The first-order valence-electron chi connectivity index (χ1n) is 5.24. The SMILES string of the molecule is N#Cc1cccc(N2CC[C@H](O)C2)c1[N+](=O)[O-]. The van der Waals surface area contributed by atoms with E-state index in [1.807, 2.05) is 6.07 Å². The minimum absolute atomic E-state index is 0.0499. The van der Waals surface area contributed by atoms with Crippen molar-refractivity contribution in [2.45, 2.75) is 12.5 Å². The van der Waals surface area contributed by atoms with Gasteiger partial charge in [-0.1, -0.05) is 6.07 Å². The van der Waals surface area contributed by atoms with Crippen LogP contribution in [0.5, 0.6) is 0 Å². The van der Waals surface area contributed by atoms with Crippen LogP contribution in [0.4, 0.5) is 11.4 Å². The molecule has 0 amide bonds. The van der Waals surface area contributed by atoms with E-state index in [2.05, 4.69) is 0 Å². The number of para-hydroxylation sites is 1. The second kappa shape index (κ2) is 4.39. The number of aliphatic hydroxyl groups is 1. The largest absolute Gasteiger partial charge is 0.391 e. The van der Waals surface area contributed by atoms with Crippen molar-refractivity contribution in [3.8, 4) is 6.07 Å². The molecule has 1 saturated heterocycles. The van der Waals surface area contributed by atoms with E-state index >= 15 is 0 Å². The summed E-state index contributed by atoms with van der Waals surface area (Å²) in [5, 5.41) is 29.3. The van der Waals surface area contributed by atoms with Crippen LogP contribution >= 0.6 is 0 Å². The second-order valence-corrected chi connectivity index (χ2v) is 3.93. The lowest BCUT2D eigenvalue weighted by molar-refractivity contribution is -0.384. The van der Waals surface area contributed by atoms with E-state index in [0.29, 0.717) is 25.2 Å². The van der Waals surface area contributed by atoms with Gasteiger partial charge in [-0.15, -0.1) is 0 Å². The summed E-state index contributed by atoms with van der Waals surface area (Å²) in [6, 6.07) is 6.47. The molecule has 1 fully saturated rings. The zero-order valence-electron chi connectivity index (χ0n) is 9.04. The minimum atomic E-state index is -0.543. The Hall–Kier alpha value is -2.13. The average molecular weight is 233 g/mol. The fourth-order valence-corrected chi connectivity index (χ4v) is 2.03.